The minimum absolute atomic E-state index is 0.0452. The number of nitrogens with zero attached hydrogens (tertiary/aromatic N) is 1. The molecule has 1 aliphatic rings. The number of ketones is 1. The number of amides is 4. The van der Waals surface area contributed by atoms with Crippen molar-refractivity contribution in [1.82, 2.24) is 21.3 Å². The number of nitrogens with two attached hydrogens (primary N) is 1. The minimum atomic E-state index is -1.26. The molecule has 3 atom stereocenters. The van der Waals surface area contributed by atoms with E-state index in [1.807, 2.05) is 6.07 Å². The second-order valence-corrected chi connectivity index (χ2v) is 9.87. The lowest BCUT2D eigenvalue weighted by Crippen LogP contribution is -2.56. The Bertz CT molecular complexity index is 1060. The molecule has 0 spiro atoms. The van der Waals surface area contributed by atoms with Gasteiger partial charge < -0.3 is 27.0 Å². The fourth-order valence-electron chi connectivity index (χ4n) is 3.84. The average Bonchev–Trinajstić information content (AvgIpc) is 3.24. The first-order valence-corrected chi connectivity index (χ1v) is 12.1. The molecule has 0 aromatic heterocycles. The molecule has 37 heavy (non-hydrogen) atoms. The van der Waals surface area contributed by atoms with E-state index in [9.17, 15) is 24.0 Å². The van der Waals surface area contributed by atoms with Gasteiger partial charge in [0, 0.05) is 43.9 Å². The Kier molecular flexibility index (Phi) is 10.5. The number of rotatable bonds is 11. The highest BCUT2D eigenvalue weighted by molar-refractivity contribution is 6.38. The first-order valence-electron chi connectivity index (χ1n) is 12.1. The normalized spacial score (nSPS) is 17.6. The van der Waals surface area contributed by atoms with E-state index in [0.29, 0.717) is 13.0 Å². The Morgan fingerprint density at radius 3 is 2.32 bits per heavy atom. The van der Waals surface area contributed by atoms with Gasteiger partial charge in [-0.1, -0.05) is 30.3 Å². The van der Waals surface area contributed by atoms with Crippen molar-refractivity contribution in [3.05, 3.63) is 47.7 Å². The Labute approximate surface area is 216 Å². The quantitative estimate of drug-likeness (QED) is 0.155. The summed E-state index contributed by atoms with van der Waals surface area (Å²) in [6.07, 6.45) is 2.87. The topological polar surface area (TPSA) is 172 Å². The van der Waals surface area contributed by atoms with E-state index in [0.717, 1.165) is 11.8 Å². The fourth-order valence-corrected chi connectivity index (χ4v) is 3.84. The van der Waals surface area contributed by atoms with Crippen molar-refractivity contribution in [2.45, 2.75) is 57.7 Å². The van der Waals surface area contributed by atoms with Crippen LogP contribution >= 0.6 is 0 Å². The molecule has 11 heteroatoms. The van der Waals surface area contributed by atoms with Crippen molar-refractivity contribution >= 4 is 35.6 Å². The molecule has 0 aliphatic carbocycles. The minimum Gasteiger partial charge on any atom is -0.404 e. The number of hydrogen-bond donors (Lipinski definition) is 5. The lowest BCUT2D eigenvalue weighted by Gasteiger charge is -2.26. The van der Waals surface area contributed by atoms with Crippen LogP contribution in [0.25, 0.3) is 0 Å². The van der Waals surface area contributed by atoms with E-state index < -0.39 is 47.0 Å². The molecule has 1 heterocycles. The Balaban J connectivity index is 2.31. The van der Waals surface area contributed by atoms with E-state index in [-0.39, 0.29) is 24.3 Å². The molecule has 1 aromatic carbocycles. The third-order valence-corrected chi connectivity index (χ3v) is 5.64. The Hall–Kier alpha value is -4.02. The summed E-state index contributed by atoms with van der Waals surface area (Å²) in [4.78, 5) is 67.9. The summed E-state index contributed by atoms with van der Waals surface area (Å²) in [6, 6.07) is 6.63. The molecule has 1 unspecified atom stereocenters. The van der Waals surface area contributed by atoms with Gasteiger partial charge >= 0.3 is 0 Å². The van der Waals surface area contributed by atoms with Gasteiger partial charge in [0.05, 0.1) is 11.6 Å². The number of hydrogen-bond acceptors (Lipinski definition) is 7. The lowest BCUT2D eigenvalue weighted by atomic mass is 9.94. The van der Waals surface area contributed by atoms with Crippen molar-refractivity contribution < 1.29 is 24.0 Å². The molecule has 1 aliphatic heterocycles. The van der Waals surface area contributed by atoms with Crippen molar-refractivity contribution in [2.75, 3.05) is 13.6 Å². The fraction of sp³-hybridized carbons (Fsp3) is 0.462. The van der Waals surface area contributed by atoms with Crippen LogP contribution in [0.5, 0.6) is 0 Å². The summed E-state index contributed by atoms with van der Waals surface area (Å²) in [5.74, 6) is -3.82. The second kappa shape index (κ2) is 13.3. The summed E-state index contributed by atoms with van der Waals surface area (Å²) < 4.78 is 0. The van der Waals surface area contributed by atoms with E-state index in [1.54, 1.807) is 45.0 Å². The van der Waals surface area contributed by atoms with Crippen LogP contribution in [0.4, 0.5) is 0 Å². The van der Waals surface area contributed by atoms with E-state index in [4.69, 9.17) is 5.73 Å². The number of nitrogens with one attached hydrogen (secondary N) is 4. The van der Waals surface area contributed by atoms with Crippen molar-refractivity contribution in [3.8, 4) is 0 Å². The van der Waals surface area contributed by atoms with E-state index in [2.05, 4.69) is 26.3 Å². The van der Waals surface area contributed by atoms with Gasteiger partial charge in [-0.2, -0.15) is 0 Å². The van der Waals surface area contributed by atoms with Crippen LogP contribution in [0.3, 0.4) is 0 Å². The highest BCUT2D eigenvalue weighted by Gasteiger charge is 2.36. The maximum absolute atomic E-state index is 13.4. The van der Waals surface area contributed by atoms with Crippen molar-refractivity contribution in [2.24, 2.45) is 16.6 Å². The predicted octanol–water partition coefficient (Wildman–Crippen LogP) is -0.248. The van der Waals surface area contributed by atoms with Gasteiger partial charge in [-0.15, -0.1) is 0 Å². The molecule has 0 saturated carbocycles. The van der Waals surface area contributed by atoms with Gasteiger partial charge in [0.2, 0.25) is 17.6 Å². The molecule has 2 rings (SSSR count). The first-order chi connectivity index (χ1) is 17.4. The number of Topliss-reactive ketones (excluding diaryl/α,β-unsaturated/α-hetero) is 1. The Morgan fingerprint density at radius 1 is 1.11 bits per heavy atom. The highest BCUT2D eigenvalue weighted by Crippen LogP contribution is 2.17. The zero-order chi connectivity index (χ0) is 27.6. The zero-order valence-electron chi connectivity index (χ0n) is 21.7. The molecule has 1 aromatic rings. The summed E-state index contributed by atoms with van der Waals surface area (Å²) in [7, 11) is 1.48. The van der Waals surface area contributed by atoms with Crippen LogP contribution in [0, 0.1) is 5.92 Å². The number of aliphatic imine (C=N–C) groups is 1. The van der Waals surface area contributed by atoms with Crippen LogP contribution in [0.2, 0.25) is 0 Å². The van der Waals surface area contributed by atoms with Gasteiger partial charge in [-0.25, -0.2) is 0 Å². The van der Waals surface area contributed by atoms with Crippen LogP contribution in [-0.2, 0) is 30.4 Å². The van der Waals surface area contributed by atoms with Gasteiger partial charge in [-0.05, 0) is 39.2 Å². The SMILES string of the molecule is CN=CC(=CN)C(=O)N[C@@H](Cc1ccccc1)C(=O)NC(C[C@@H]1CCNC1=O)C(=O)C(=O)NC(C)(C)C. The number of carbonyl (C=O) groups excluding carboxylic acids is 5. The molecule has 1 fully saturated rings. The molecular weight excluding hydrogens is 476 g/mol. The molecule has 200 valence electrons. The second-order valence-electron chi connectivity index (χ2n) is 9.87. The number of benzene rings is 1. The molecule has 0 radical (unpaired) electrons. The van der Waals surface area contributed by atoms with E-state index in [1.165, 1.54) is 13.3 Å². The maximum atomic E-state index is 13.4. The highest BCUT2D eigenvalue weighted by atomic mass is 16.2. The third kappa shape index (κ3) is 9.17. The van der Waals surface area contributed by atoms with Crippen molar-refractivity contribution in [1.29, 1.82) is 0 Å². The van der Waals surface area contributed by atoms with Gasteiger partial charge in [0.15, 0.2) is 0 Å². The van der Waals surface area contributed by atoms with Crippen molar-refractivity contribution in [3.63, 3.8) is 0 Å². The maximum Gasteiger partial charge on any atom is 0.290 e. The van der Waals surface area contributed by atoms with Crippen LogP contribution in [0.1, 0.15) is 39.2 Å². The molecule has 4 amide bonds. The smallest absolute Gasteiger partial charge is 0.290 e. The standard InChI is InChI=1S/C26H36N6O5/c1-26(2,3)32-25(37)21(33)19(13-17-10-11-29-22(17)34)30-24(36)20(12-16-8-6-5-7-9-16)31-23(35)18(14-27)15-28-4/h5-9,14-15,17,19-20H,10-13,27H2,1-4H3,(H,29,34)(H,30,36)(H,31,35)(H,32,37)/t17-,19?,20-/m0/s1. The number of carbonyl (C=O) groups is 5. The third-order valence-electron chi connectivity index (χ3n) is 5.64. The average molecular weight is 513 g/mol. The van der Waals surface area contributed by atoms with E-state index >= 15 is 0 Å². The van der Waals surface area contributed by atoms with Crippen LogP contribution < -0.4 is 27.0 Å². The Morgan fingerprint density at radius 2 is 1.78 bits per heavy atom. The molecule has 0 bridgehead atoms. The monoisotopic (exact) mass is 512 g/mol. The summed E-state index contributed by atoms with van der Waals surface area (Å²) in [5, 5.41) is 10.5. The van der Waals surface area contributed by atoms with Crippen LogP contribution in [0.15, 0.2) is 47.1 Å². The lowest BCUT2D eigenvalue weighted by molar-refractivity contribution is -0.141. The predicted molar refractivity (Wildman–Crippen MR) is 139 cm³/mol. The van der Waals surface area contributed by atoms with Gasteiger partial charge in [-0.3, -0.25) is 29.0 Å². The first kappa shape index (κ1) is 29.2. The van der Waals surface area contributed by atoms with Gasteiger partial charge in [0.1, 0.15) is 6.04 Å². The van der Waals surface area contributed by atoms with Gasteiger partial charge in [0.25, 0.3) is 11.8 Å². The largest absolute Gasteiger partial charge is 0.404 e. The molecule has 11 nitrogen and oxygen atoms in total. The zero-order valence-corrected chi connectivity index (χ0v) is 21.7. The summed E-state index contributed by atoms with van der Waals surface area (Å²) in [5.41, 5.74) is 5.66. The summed E-state index contributed by atoms with van der Waals surface area (Å²) in [6.45, 7) is 5.63. The van der Waals surface area contributed by atoms with Crippen LogP contribution in [-0.4, -0.2) is 66.8 Å². The molecule has 6 N–H and O–H groups in total. The molecule has 1 saturated heterocycles. The summed E-state index contributed by atoms with van der Waals surface area (Å²) >= 11 is 0. The molecular formula is C26H36N6O5.